The molecule has 1 aliphatic heterocycles. The third kappa shape index (κ3) is 4.82. The predicted octanol–water partition coefficient (Wildman–Crippen LogP) is 6.14. The van der Waals surface area contributed by atoms with Gasteiger partial charge in [0, 0.05) is 49.3 Å². The molecule has 0 saturated carbocycles. The van der Waals surface area contributed by atoms with E-state index in [0.717, 1.165) is 37.8 Å². The number of aromatic hydroxyl groups is 1. The largest absolute Gasteiger partial charge is 0.507 e. The number of hydrogen-bond acceptors (Lipinski definition) is 6. The van der Waals surface area contributed by atoms with E-state index in [4.69, 9.17) is 16.6 Å². The standard InChI is InChI=1S/C27H26ClF2N5O/c1-16-6-4-13-35(15-16)27-17-14-18(28)23(24-19(29)7-2-8-20(24)36)25(30)26(17)33-22(34-27)10-3-9-21-31-11-5-12-32-21/h2,5,7-8,11-12,14,16,36H,3-4,6,9-10,13,15H2,1H3/t16-/m0/s1. The Morgan fingerprint density at radius 1 is 1.06 bits per heavy atom. The zero-order chi connectivity index (χ0) is 25.2. The molecule has 5 rings (SSSR count). The van der Waals surface area contributed by atoms with Crippen molar-refractivity contribution in [2.75, 3.05) is 18.0 Å². The fourth-order valence-corrected chi connectivity index (χ4v) is 5.10. The van der Waals surface area contributed by atoms with Gasteiger partial charge < -0.3 is 10.0 Å². The number of phenolic OH excluding ortho intramolecular Hbond substituents is 1. The van der Waals surface area contributed by atoms with Crippen LogP contribution in [-0.2, 0) is 12.8 Å². The Balaban J connectivity index is 1.62. The highest BCUT2D eigenvalue weighted by molar-refractivity contribution is 6.34. The quantitative estimate of drug-likeness (QED) is 0.337. The topological polar surface area (TPSA) is 75.0 Å². The van der Waals surface area contributed by atoms with Crippen LogP contribution >= 0.6 is 11.6 Å². The molecule has 2 aromatic heterocycles. The van der Waals surface area contributed by atoms with Gasteiger partial charge in [0.2, 0.25) is 0 Å². The van der Waals surface area contributed by atoms with Gasteiger partial charge in [-0.3, -0.25) is 0 Å². The van der Waals surface area contributed by atoms with Crippen molar-refractivity contribution in [1.82, 2.24) is 19.9 Å². The SMILES string of the molecule is C[C@H]1CCCN(c2nc(CCCc3ncccn3)nc3c(F)c(-c4c(O)cccc4F)c(Cl)cc23)C1. The molecule has 0 spiro atoms. The van der Waals surface area contributed by atoms with Gasteiger partial charge in [-0.25, -0.2) is 28.7 Å². The van der Waals surface area contributed by atoms with Gasteiger partial charge in [0.25, 0.3) is 0 Å². The van der Waals surface area contributed by atoms with E-state index in [1.807, 2.05) is 0 Å². The van der Waals surface area contributed by atoms with E-state index in [1.165, 1.54) is 12.1 Å². The Bertz CT molecular complexity index is 1380. The van der Waals surface area contributed by atoms with Gasteiger partial charge in [0.15, 0.2) is 5.82 Å². The molecule has 0 aliphatic carbocycles. The van der Waals surface area contributed by atoms with E-state index < -0.39 is 17.4 Å². The molecule has 1 fully saturated rings. The number of piperidine rings is 1. The van der Waals surface area contributed by atoms with Gasteiger partial charge in [-0.1, -0.05) is 24.6 Å². The first-order valence-electron chi connectivity index (χ1n) is 12.1. The number of rotatable bonds is 6. The van der Waals surface area contributed by atoms with Crippen LogP contribution in [0.5, 0.6) is 5.75 Å². The molecule has 9 heteroatoms. The molecule has 1 N–H and O–H groups in total. The lowest BCUT2D eigenvalue weighted by molar-refractivity contribution is 0.445. The summed E-state index contributed by atoms with van der Waals surface area (Å²) in [6, 6.07) is 7.16. The van der Waals surface area contributed by atoms with Crippen molar-refractivity contribution in [3.8, 4) is 16.9 Å². The summed E-state index contributed by atoms with van der Waals surface area (Å²) < 4.78 is 30.8. The lowest BCUT2D eigenvalue weighted by Gasteiger charge is -2.33. The molecule has 186 valence electrons. The summed E-state index contributed by atoms with van der Waals surface area (Å²) in [6.45, 7) is 3.77. The van der Waals surface area contributed by atoms with Crippen molar-refractivity contribution >= 4 is 28.3 Å². The summed E-state index contributed by atoms with van der Waals surface area (Å²) in [5.74, 6) is 0.365. The van der Waals surface area contributed by atoms with E-state index in [9.17, 15) is 9.50 Å². The fourth-order valence-electron chi connectivity index (χ4n) is 4.81. The molecule has 0 bridgehead atoms. The Labute approximate surface area is 213 Å². The van der Waals surface area contributed by atoms with Gasteiger partial charge >= 0.3 is 0 Å². The Kier molecular flexibility index (Phi) is 6.96. The van der Waals surface area contributed by atoms with Gasteiger partial charge in [-0.15, -0.1) is 0 Å². The van der Waals surface area contributed by atoms with Gasteiger partial charge in [0.05, 0.1) is 10.6 Å². The highest BCUT2D eigenvalue weighted by atomic mass is 35.5. The maximum Gasteiger partial charge on any atom is 0.159 e. The van der Waals surface area contributed by atoms with E-state index in [0.29, 0.717) is 42.2 Å². The van der Waals surface area contributed by atoms with Crippen molar-refractivity contribution in [3.63, 3.8) is 0 Å². The van der Waals surface area contributed by atoms with E-state index >= 15 is 4.39 Å². The zero-order valence-electron chi connectivity index (χ0n) is 19.9. The molecular formula is C27H26ClF2N5O. The predicted molar refractivity (Wildman–Crippen MR) is 136 cm³/mol. The first kappa shape index (κ1) is 24.3. The first-order chi connectivity index (χ1) is 17.4. The summed E-state index contributed by atoms with van der Waals surface area (Å²) in [5, 5.41) is 10.8. The molecule has 3 heterocycles. The molecule has 36 heavy (non-hydrogen) atoms. The van der Waals surface area contributed by atoms with Crippen molar-refractivity contribution < 1.29 is 13.9 Å². The number of aromatic nitrogens is 4. The van der Waals surface area contributed by atoms with Crippen LogP contribution in [0.15, 0.2) is 42.7 Å². The second-order valence-electron chi connectivity index (χ2n) is 9.25. The highest BCUT2D eigenvalue weighted by Gasteiger charge is 2.26. The van der Waals surface area contributed by atoms with Gasteiger partial charge in [-0.2, -0.15) is 0 Å². The molecule has 2 aromatic carbocycles. The van der Waals surface area contributed by atoms with Crippen molar-refractivity contribution in [2.24, 2.45) is 5.92 Å². The van der Waals surface area contributed by atoms with Crippen LogP contribution in [0.1, 0.15) is 37.8 Å². The number of aryl methyl sites for hydroxylation is 2. The molecule has 0 amide bonds. The summed E-state index contributed by atoms with van der Waals surface area (Å²) >= 11 is 6.51. The average Bonchev–Trinajstić information content (AvgIpc) is 2.86. The molecule has 0 radical (unpaired) electrons. The Morgan fingerprint density at radius 2 is 1.83 bits per heavy atom. The smallest absolute Gasteiger partial charge is 0.159 e. The number of benzene rings is 2. The number of nitrogens with zero attached hydrogens (tertiary/aromatic N) is 5. The number of halogens is 3. The van der Waals surface area contributed by atoms with Crippen molar-refractivity contribution in [1.29, 1.82) is 0 Å². The molecule has 1 aliphatic rings. The summed E-state index contributed by atoms with van der Waals surface area (Å²) in [4.78, 5) is 20.0. The van der Waals surface area contributed by atoms with E-state index in [2.05, 4.69) is 26.8 Å². The van der Waals surface area contributed by atoms with Crippen LogP contribution in [0.3, 0.4) is 0 Å². The molecule has 6 nitrogen and oxygen atoms in total. The molecule has 4 aromatic rings. The minimum absolute atomic E-state index is 0.00992. The van der Waals surface area contributed by atoms with Crippen molar-refractivity contribution in [2.45, 2.75) is 39.0 Å². The molecular weight excluding hydrogens is 484 g/mol. The Morgan fingerprint density at radius 3 is 2.58 bits per heavy atom. The number of fused-ring (bicyclic) bond motifs is 1. The van der Waals surface area contributed by atoms with E-state index in [1.54, 1.807) is 24.5 Å². The highest BCUT2D eigenvalue weighted by Crippen LogP contribution is 2.42. The third-order valence-corrected chi connectivity index (χ3v) is 6.83. The number of anilines is 1. The molecule has 0 unspecified atom stereocenters. The maximum atomic E-state index is 16.1. The Hall–Kier alpha value is -3.39. The molecule has 1 atom stereocenters. The van der Waals surface area contributed by atoms with Crippen LogP contribution < -0.4 is 4.90 Å². The van der Waals surface area contributed by atoms with Crippen LogP contribution in [0, 0.1) is 17.6 Å². The minimum Gasteiger partial charge on any atom is -0.507 e. The average molecular weight is 510 g/mol. The van der Waals surface area contributed by atoms with Crippen LogP contribution in [0.4, 0.5) is 14.6 Å². The monoisotopic (exact) mass is 509 g/mol. The third-order valence-electron chi connectivity index (χ3n) is 6.53. The van der Waals surface area contributed by atoms with Gasteiger partial charge in [-0.05, 0) is 49.4 Å². The first-order valence-corrected chi connectivity index (χ1v) is 12.5. The summed E-state index contributed by atoms with van der Waals surface area (Å²) in [5.41, 5.74) is -0.428. The number of phenols is 1. The van der Waals surface area contributed by atoms with Crippen molar-refractivity contribution in [3.05, 3.63) is 71.0 Å². The van der Waals surface area contributed by atoms with Crippen LogP contribution in [0.25, 0.3) is 22.0 Å². The lowest BCUT2D eigenvalue weighted by Crippen LogP contribution is -2.35. The minimum atomic E-state index is -0.778. The summed E-state index contributed by atoms with van der Waals surface area (Å²) in [6.07, 6.45) is 7.33. The van der Waals surface area contributed by atoms with Gasteiger partial charge in [0.1, 0.15) is 34.6 Å². The zero-order valence-corrected chi connectivity index (χ0v) is 20.6. The second kappa shape index (κ2) is 10.3. The lowest BCUT2D eigenvalue weighted by atomic mass is 9.98. The fraction of sp³-hybridized carbons (Fsp3) is 0.333. The number of hydrogen-bond donors (Lipinski definition) is 1. The normalized spacial score (nSPS) is 16.0. The molecule has 1 saturated heterocycles. The maximum absolute atomic E-state index is 16.1. The van der Waals surface area contributed by atoms with Crippen LogP contribution in [-0.4, -0.2) is 38.1 Å². The van der Waals surface area contributed by atoms with E-state index in [-0.39, 0.29) is 21.7 Å². The summed E-state index contributed by atoms with van der Waals surface area (Å²) in [7, 11) is 0. The second-order valence-corrected chi connectivity index (χ2v) is 9.66. The van der Waals surface area contributed by atoms with Crippen LogP contribution in [0.2, 0.25) is 5.02 Å².